The number of benzene rings is 1. The van der Waals surface area contributed by atoms with Crippen LogP contribution in [0, 0.1) is 5.92 Å². The minimum atomic E-state index is -0.310. The minimum absolute atomic E-state index is 0.0278. The summed E-state index contributed by atoms with van der Waals surface area (Å²) in [5, 5.41) is 3.10. The van der Waals surface area contributed by atoms with E-state index in [0.29, 0.717) is 32.7 Å². The first-order chi connectivity index (χ1) is 14.0. The third-order valence-corrected chi connectivity index (χ3v) is 5.99. The average Bonchev–Trinajstić information content (AvgIpc) is 3.14. The zero-order valence-electron chi connectivity index (χ0n) is 17.3. The van der Waals surface area contributed by atoms with Crippen molar-refractivity contribution in [3.8, 4) is 0 Å². The monoisotopic (exact) mass is 401 g/mol. The van der Waals surface area contributed by atoms with Crippen LogP contribution in [0.2, 0.25) is 0 Å². The first-order valence-electron chi connectivity index (χ1n) is 10.4. The lowest BCUT2D eigenvalue weighted by Gasteiger charge is -2.33. The van der Waals surface area contributed by atoms with E-state index in [2.05, 4.69) is 5.32 Å². The average molecular weight is 402 g/mol. The van der Waals surface area contributed by atoms with E-state index in [1.54, 1.807) is 12.0 Å². The fourth-order valence-electron chi connectivity index (χ4n) is 4.13. The van der Waals surface area contributed by atoms with Gasteiger partial charge in [0.1, 0.15) is 0 Å². The lowest BCUT2D eigenvalue weighted by atomic mass is 10.0. The summed E-state index contributed by atoms with van der Waals surface area (Å²) in [6.07, 6.45) is 2.15. The van der Waals surface area contributed by atoms with Crippen molar-refractivity contribution in [1.82, 2.24) is 15.1 Å². The Balaban J connectivity index is 1.47. The number of ether oxygens (including phenoxy) is 1. The van der Waals surface area contributed by atoms with Gasteiger partial charge in [-0.05, 0) is 25.3 Å². The van der Waals surface area contributed by atoms with Crippen molar-refractivity contribution >= 4 is 17.7 Å². The van der Waals surface area contributed by atoms with Crippen LogP contribution >= 0.6 is 0 Å². The number of amides is 3. The van der Waals surface area contributed by atoms with Gasteiger partial charge in [0.15, 0.2) is 0 Å². The second-order valence-electron chi connectivity index (χ2n) is 7.94. The molecule has 2 saturated heterocycles. The molecule has 1 aromatic carbocycles. The zero-order chi connectivity index (χ0) is 20.8. The van der Waals surface area contributed by atoms with E-state index in [0.717, 1.165) is 18.4 Å². The Labute approximate surface area is 172 Å². The van der Waals surface area contributed by atoms with Crippen LogP contribution in [0.15, 0.2) is 30.3 Å². The van der Waals surface area contributed by atoms with Gasteiger partial charge >= 0.3 is 0 Å². The fraction of sp³-hybridized carbons (Fsp3) is 0.591. The van der Waals surface area contributed by atoms with Crippen LogP contribution < -0.4 is 5.32 Å². The maximum atomic E-state index is 12.7. The SMILES string of the molecule is COCCC(=O)N1CCC(NC(=O)C2CC(=O)N(C(C)c3ccccc3)C2)CC1. The molecule has 3 rings (SSSR count). The highest BCUT2D eigenvalue weighted by Gasteiger charge is 2.37. The number of hydrogen-bond donors (Lipinski definition) is 1. The number of hydrogen-bond acceptors (Lipinski definition) is 4. The van der Waals surface area contributed by atoms with Crippen LogP contribution in [0.5, 0.6) is 0 Å². The molecule has 29 heavy (non-hydrogen) atoms. The van der Waals surface area contributed by atoms with Crippen LogP contribution in [-0.2, 0) is 19.1 Å². The Morgan fingerprint density at radius 2 is 1.90 bits per heavy atom. The van der Waals surface area contributed by atoms with Crippen LogP contribution in [0.1, 0.15) is 44.2 Å². The van der Waals surface area contributed by atoms with Crippen molar-refractivity contribution in [1.29, 1.82) is 0 Å². The number of piperidine rings is 1. The molecule has 7 nitrogen and oxygen atoms in total. The van der Waals surface area contributed by atoms with E-state index < -0.39 is 0 Å². The Hall–Kier alpha value is -2.41. The van der Waals surface area contributed by atoms with Crippen molar-refractivity contribution in [3.63, 3.8) is 0 Å². The van der Waals surface area contributed by atoms with Crippen molar-refractivity contribution in [2.24, 2.45) is 5.92 Å². The second kappa shape index (κ2) is 9.87. The highest BCUT2D eigenvalue weighted by molar-refractivity contribution is 5.89. The van der Waals surface area contributed by atoms with E-state index in [9.17, 15) is 14.4 Å². The Morgan fingerprint density at radius 1 is 1.21 bits per heavy atom. The van der Waals surface area contributed by atoms with Crippen LogP contribution in [0.4, 0.5) is 0 Å². The normalized spacial score (nSPS) is 21.3. The van der Waals surface area contributed by atoms with Gasteiger partial charge in [0.25, 0.3) is 0 Å². The lowest BCUT2D eigenvalue weighted by Crippen LogP contribution is -2.48. The molecule has 0 bridgehead atoms. The van der Waals surface area contributed by atoms with E-state index in [1.165, 1.54) is 0 Å². The van der Waals surface area contributed by atoms with Crippen LogP contribution in [-0.4, -0.2) is 66.9 Å². The summed E-state index contributed by atoms with van der Waals surface area (Å²) >= 11 is 0. The second-order valence-corrected chi connectivity index (χ2v) is 7.94. The molecule has 2 aliphatic rings. The summed E-state index contributed by atoms with van der Waals surface area (Å²) < 4.78 is 4.96. The number of carbonyl (C=O) groups excluding carboxylic acids is 3. The molecule has 2 heterocycles. The molecule has 0 aliphatic carbocycles. The summed E-state index contributed by atoms with van der Waals surface area (Å²) in [6.45, 7) is 4.19. The van der Waals surface area contributed by atoms with E-state index in [-0.39, 0.29) is 42.1 Å². The first kappa shape index (κ1) is 21.3. The topological polar surface area (TPSA) is 79.0 Å². The maximum Gasteiger partial charge on any atom is 0.225 e. The number of rotatable bonds is 7. The van der Waals surface area contributed by atoms with Crippen LogP contribution in [0.3, 0.4) is 0 Å². The highest BCUT2D eigenvalue weighted by Crippen LogP contribution is 2.28. The Bertz CT molecular complexity index is 716. The van der Waals surface area contributed by atoms with Gasteiger partial charge in [-0.15, -0.1) is 0 Å². The molecular weight excluding hydrogens is 370 g/mol. The van der Waals surface area contributed by atoms with Crippen LogP contribution in [0.25, 0.3) is 0 Å². The fourth-order valence-corrected chi connectivity index (χ4v) is 4.13. The number of nitrogens with one attached hydrogen (secondary N) is 1. The van der Waals surface area contributed by atoms with E-state index in [4.69, 9.17) is 4.74 Å². The predicted octanol–water partition coefficient (Wildman–Crippen LogP) is 1.74. The molecular formula is C22H31N3O4. The first-order valence-corrected chi connectivity index (χ1v) is 10.4. The molecule has 3 amide bonds. The number of methoxy groups -OCH3 is 1. The number of carbonyl (C=O) groups is 3. The summed E-state index contributed by atoms with van der Waals surface area (Å²) in [5.74, 6) is -0.232. The molecule has 2 unspecified atom stereocenters. The quantitative estimate of drug-likeness (QED) is 0.755. The van der Waals surface area contributed by atoms with Gasteiger partial charge in [-0.2, -0.15) is 0 Å². The van der Waals surface area contributed by atoms with Gasteiger partial charge in [0.05, 0.1) is 25.0 Å². The molecule has 0 aromatic heterocycles. The molecule has 0 saturated carbocycles. The predicted molar refractivity (Wildman–Crippen MR) is 109 cm³/mol. The molecule has 1 N–H and O–H groups in total. The van der Waals surface area contributed by atoms with E-state index in [1.807, 2.05) is 42.2 Å². The molecule has 2 atom stereocenters. The number of likely N-dealkylation sites (tertiary alicyclic amines) is 2. The van der Waals surface area contributed by atoms with E-state index >= 15 is 0 Å². The summed E-state index contributed by atoms with van der Waals surface area (Å²) in [5.41, 5.74) is 1.08. The van der Waals surface area contributed by atoms with Crippen molar-refractivity contribution in [2.45, 2.75) is 44.7 Å². The maximum absolute atomic E-state index is 12.7. The smallest absolute Gasteiger partial charge is 0.225 e. The summed E-state index contributed by atoms with van der Waals surface area (Å²) in [7, 11) is 1.59. The summed E-state index contributed by atoms with van der Waals surface area (Å²) in [6, 6.07) is 9.91. The Morgan fingerprint density at radius 3 is 2.55 bits per heavy atom. The van der Waals surface area contributed by atoms with Gasteiger partial charge in [0.2, 0.25) is 17.7 Å². The Kier molecular flexibility index (Phi) is 7.25. The minimum Gasteiger partial charge on any atom is -0.384 e. The van der Waals surface area contributed by atoms with Gasteiger partial charge in [0, 0.05) is 39.2 Å². The molecule has 2 fully saturated rings. The lowest BCUT2D eigenvalue weighted by molar-refractivity contribution is -0.133. The standard InChI is InChI=1S/C22H31N3O4/c1-16(17-6-4-3-5-7-17)25-15-18(14-21(25)27)22(28)23-19-8-11-24(12-9-19)20(26)10-13-29-2/h3-7,16,18-19H,8-15H2,1-2H3,(H,23,28). The zero-order valence-corrected chi connectivity index (χ0v) is 17.3. The summed E-state index contributed by atoms with van der Waals surface area (Å²) in [4.78, 5) is 40.9. The van der Waals surface area contributed by atoms with Gasteiger partial charge in [-0.1, -0.05) is 30.3 Å². The third-order valence-electron chi connectivity index (χ3n) is 5.99. The van der Waals surface area contributed by atoms with Crippen molar-refractivity contribution in [3.05, 3.63) is 35.9 Å². The molecule has 2 aliphatic heterocycles. The third kappa shape index (κ3) is 5.35. The highest BCUT2D eigenvalue weighted by atomic mass is 16.5. The molecule has 158 valence electrons. The van der Waals surface area contributed by atoms with Gasteiger partial charge in [-0.25, -0.2) is 0 Å². The molecule has 0 radical (unpaired) electrons. The van der Waals surface area contributed by atoms with Crippen molar-refractivity contribution in [2.75, 3.05) is 33.4 Å². The van der Waals surface area contributed by atoms with Gasteiger partial charge in [-0.3, -0.25) is 14.4 Å². The molecule has 1 aromatic rings. The molecule has 0 spiro atoms. The molecule has 7 heteroatoms. The van der Waals surface area contributed by atoms with Crippen molar-refractivity contribution < 1.29 is 19.1 Å². The number of nitrogens with zero attached hydrogens (tertiary/aromatic N) is 2. The van der Waals surface area contributed by atoms with Gasteiger partial charge < -0.3 is 19.9 Å². The largest absolute Gasteiger partial charge is 0.384 e.